The van der Waals surface area contributed by atoms with Crippen molar-refractivity contribution < 1.29 is 4.79 Å². The second-order valence-electron chi connectivity index (χ2n) is 5.59. The number of benzene rings is 1. The van der Waals surface area contributed by atoms with Crippen LogP contribution in [-0.4, -0.2) is 43.0 Å². The monoisotopic (exact) mass is 293 g/mol. The van der Waals surface area contributed by atoms with Crippen molar-refractivity contribution in [1.82, 2.24) is 15.5 Å². The molecule has 2 fully saturated rings. The highest BCUT2D eigenvalue weighted by Crippen LogP contribution is 2.34. The van der Waals surface area contributed by atoms with Gasteiger partial charge < -0.3 is 10.6 Å². The van der Waals surface area contributed by atoms with E-state index in [1.165, 1.54) is 0 Å². The third-order valence-electron chi connectivity index (χ3n) is 4.28. The van der Waals surface area contributed by atoms with Gasteiger partial charge in [0.1, 0.15) is 0 Å². The number of aryl methyl sites for hydroxylation is 1. The van der Waals surface area contributed by atoms with Gasteiger partial charge in [-0.05, 0) is 31.0 Å². The summed E-state index contributed by atoms with van der Waals surface area (Å²) in [5.41, 5.74) is 2.26. The van der Waals surface area contributed by atoms with E-state index in [4.69, 9.17) is 11.6 Å². The highest BCUT2D eigenvalue weighted by molar-refractivity contribution is 6.32. The highest BCUT2D eigenvalue weighted by atomic mass is 35.5. The van der Waals surface area contributed by atoms with E-state index in [9.17, 15) is 4.79 Å². The molecule has 2 atom stereocenters. The van der Waals surface area contributed by atoms with Crippen LogP contribution >= 0.6 is 11.6 Å². The summed E-state index contributed by atoms with van der Waals surface area (Å²) in [5, 5.41) is 7.27. The molecule has 2 aliphatic heterocycles. The molecule has 5 heteroatoms. The molecule has 2 saturated heterocycles. The number of amides is 1. The molecule has 0 spiro atoms. The first-order valence-electron chi connectivity index (χ1n) is 7.16. The van der Waals surface area contributed by atoms with Crippen molar-refractivity contribution in [3.63, 3.8) is 0 Å². The van der Waals surface area contributed by atoms with Gasteiger partial charge in [0, 0.05) is 30.2 Å². The minimum atomic E-state index is 0.122. The molecule has 1 aromatic rings. The molecule has 2 heterocycles. The number of carbonyl (C=O) groups excluding carboxylic acids is 1. The van der Waals surface area contributed by atoms with Crippen molar-refractivity contribution in [2.24, 2.45) is 0 Å². The Morgan fingerprint density at radius 2 is 2.20 bits per heavy atom. The summed E-state index contributed by atoms with van der Waals surface area (Å²) in [6.45, 7) is 5.15. The maximum atomic E-state index is 11.6. The van der Waals surface area contributed by atoms with Crippen LogP contribution in [0.25, 0.3) is 0 Å². The number of carbonyl (C=O) groups is 1. The zero-order valence-electron chi connectivity index (χ0n) is 11.7. The molecule has 108 valence electrons. The molecule has 0 aliphatic carbocycles. The average molecular weight is 294 g/mol. The SMILES string of the molecule is Cc1cccc([C@@H]2NCC[C@@H]2N2CCNC(=O)C2)c1Cl. The van der Waals surface area contributed by atoms with Crippen LogP contribution in [0.3, 0.4) is 0 Å². The van der Waals surface area contributed by atoms with E-state index in [1.807, 2.05) is 13.0 Å². The average Bonchev–Trinajstić information content (AvgIpc) is 2.91. The predicted octanol–water partition coefficient (Wildman–Crippen LogP) is 1.48. The van der Waals surface area contributed by atoms with Crippen molar-refractivity contribution in [2.45, 2.75) is 25.4 Å². The number of halogens is 1. The molecule has 0 saturated carbocycles. The Kier molecular flexibility index (Phi) is 3.96. The Bertz CT molecular complexity index is 520. The van der Waals surface area contributed by atoms with Gasteiger partial charge in [-0.3, -0.25) is 9.69 Å². The smallest absolute Gasteiger partial charge is 0.234 e. The molecule has 0 aromatic heterocycles. The first-order chi connectivity index (χ1) is 9.66. The van der Waals surface area contributed by atoms with E-state index < -0.39 is 0 Å². The van der Waals surface area contributed by atoms with Crippen molar-refractivity contribution in [3.8, 4) is 0 Å². The molecule has 20 heavy (non-hydrogen) atoms. The highest BCUT2D eigenvalue weighted by Gasteiger charge is 2.35. The van der Waals surface area contributed by atoms with Gasteiger partial charge in [0.15, 0.2) is 0 Å². The fourth-order valence-corrected chi connectivity index (χ4v) is 3.50. The molecule has 0 unspecified atom stereocenters. The van der Waals surface area contributed by atoms with Crippen LogP contribution in [0.5, 0.6) is 0 Å². The quantitative estimate of drug-likeness (QED) is 0.868. The fourth-order valence-electron chi connectivity index (χ4n) is 3.25. The van der Waals surface area contributed by atoms with Gasteiger partial charge in [-0.1, -0.05) is 29.8 Å². The van der Waals surface area contributed by atoms with Crippen LogP contribution in [-0.2, 0) is 4.79 Å². The summed E-state index contributed by atoms with van der Waals surface area (Å²) in [7, 11) is 0. The lowest BCUT2D eigenvalue weighted by molar-refractivity contribution is -0.125. The van der Waals surface area contributed by atoms with E-state index in [-0.39, 0.29) is 11.9 Å². The summed E-state index contributed by atoms with van der Waals surface area (Å²) in [6, 6.07) is 6.74. The molecule has 2 N–H and O–H groups in total. The van der Waals surface area contributed by atoms with Gasteiger partial charge in [-0.25, -0.2) is 0 Å². The second-order valence-corrected chi connectivity index (χ2v) is 5.96. The number of piperazine rings is 1. The molecule has 4 nitrogen and oxygen atoms in total. The molecule has 0 radical (unpaired) electrons. The van der Waals surface area contributed by atoms with Crippen LogP contribution in [0.15, 0.2) is 18.2 Å². The van der Waals surface area contributed by atoms with Gasteiger partial charge in [0.05, 0.1) is 6.54 Å². The van der Waals surface area contributed by atoms with Crippen LogP contribution < -0.4 is 10.6 Å². The maximum Gasteiger partial charge on any atom is 0.234 e. The van der Waals surface area contributed by atoms with Crippen LogP contribution in [0.2, 0.25) is 5.02 Å². The van der Waals surface area contributed by atoms with Crippen molar-refractivity contribution in [3.05, 3.63) is 34.3 Å². The largest absolute Gasteiger partial charge is 0.354 e. The first-order valence-corrected chi connectivity index (χ1v) is 7.54. The number of rotatable bonds is 2. The summed E-state index contributed by atoms with van der Waals surface area (Å²) in [5.74, 6) is 0.122. The van der Waals surface area contributed by atoms with Gasteiger partial charge in [0.25, 0.3) is 0 Å². The fraction of sp³-hybridized carbons (Fsp3) is 0.533. The normalized spacial score (nSPS) is 27.6. The number of hydrogen-bond acceptors (Lipinski definition) is 3. The van der Waals surface area contributed by atoms with E-state index in [0.29, 0.717) is 12.6 Å². The second kappa shape index (κ2) is 5.72. The Morgan fingerprint density at radius 3 is 3.00 bits per heavy atom. The zero-order chi connectivity index (χ0) is 14.1. The van der Waals surface area contributed by atoms with Gasteiger partial charge in [-0.15, -0.1) is 0 Å². The Labute approximate surface area is 124 Å². The Balaban J connectivity index is 1.85. The topological polar surface area (TPSA) is 44.4 Å². The molecule has 1 aromatic carbocycles. The minimum Gasteiger partial charge on any atom is -0.354 e. The summed E-state index contributed by atoms with van der Waals surface area (Å²) in [6.07, 6.45) is 1.06. The summed E-state index contributed by atoms with van der Waals surface area (Å²) in [4.78, 5) is 13.9. The van der Waals surface area contributed by atoms with Gasteiger partial charge in [0.2, 0.25) is 5.91 Å². The zero-order valence-corrected chi connectivity index (χ0v) is 12.4. The standard InChI is InChI=1S/C15H20ClN3O/c1-10-3-2-4-11(14(10)16)15-12(5-6-18-15)19-8-7-17-13(20)9-19/h2-4,12,15,18H,5-9H2,1H3,(H,17,20)/t12-,15-/m0/s1. The van der Waals surface area contributed by atoms with Crippen LogP contribution in [0, 0.1) is 6.92 Å². The van der Waals surface area contributed by atoms with Gasteiger partial charge in [-0.2, -0.15) is 0 Å². The van der Waals surface area contributed by atoms with E-state index >= 15 is 0 Å². The van der Waals surface area contributed by atoms with E-state index in [2.05, 4.69) is 27.7 Å². The molecule has 0 bridgehead atoms. The molecule has 2 aliphatic rings. The summed E-state index contributed by atoms with van der Waals surface area (Å²) < 4.78 is 0. The lowest BCUT2D eigenvalue weighted by Gasteiger charge is -2.35. The van der Waals surface area contributed by atoms with E-state index in [0.717, 1.165) is 42.2 Å². The third kappa shape index (κ3) is 2.55. The first kappa shape index (κ1) is 13.9. The molecule has 3 rings (SSSR count). The van der Waals surface area contributed by atoms with Gasteiger partial charge >= 0.3 is 0 Å². The van der Waals surface area contributed by atoms with E-state index in [1.54, 1.807) is 0 Å². The van der Waals surface area contributed by atoms with Crippen LogP contribution in [0.4, 0.5) is 0 Å². The Hall–Kier alpha value is -1.10. The molecule has 1 amide bonds. The Morgan fingerprint density at radius 1 is 1.35 bits per heavy atom. The lowest BCUT2D eigenvalue weighted by Crippen LogP contribution is -2.52. The predicted molar refractivity (Wildman–Crippen MR) is 79.9 cm³/mol. The minimum absolute atomic E-state index is 0.122. The van der Waals surface area contributed by atoms with Crippen molar-refractivity contribution >= 4 is 17.5 Å². The number of nitrogens with one attached hydrogen (secondary N) is 2. The van der Waals surface area contributed by atoms with Crippen LogP contribution in [0.1, 0.15) is 23.6 Å². The van der Waals surface area contributed by atoms with Crippen molar-refractivity contribution in [1.29, 1.82) is 0 Å². The lowest BCUT2D eigenvalue weighted by atomic mass is 9.97. The summed E-state index contributed by atoms with van der Waals surface area (Å²) >= 11 is 6.47. The number of hydrogen-bond donors (Lipinski definition) is 2. The molecular formula is C15H20ClN3O. The van der Waals surface area contributed by atoms with Crippen molar-refractivity contribution in [2.75, 3.05) is 26.2 Å². The molecular weight excluding hydrogens is 274 g/mol. The number of nitrogens with zero attached hydrogens (tertiary/aromatic N) is 1. The maximum absolute atomic E-state index is 11.6. The third-order valence-corrected chi connectivity index (χ3v) is 4.80.